The number of thiophene rings is 1. The lowest BCUT2D eigenvalue weighted by Gasteiger charge is -1.97. The molecule has 0 saturated heterocycles. The minimum absolute atomic E-state index is 0.503. The van der Waals surface area contributed by atoms with Gasteiger partial charge in [-0.25, -0.2) is 0 Å². The van der Waals surface area contributed by atoms with E-state index in [9.17, 15) is 0 Å². The van der Waals surface area contributed by atoms with Crippen LogP contribution in [0, 0.1) is 3.57 Å². The average Bonchev–Trinajstić information content (AvgIpc) is 2.57. The molecule has 0 bridgehead atoms. The molecule has 0 atom stereocenters. The maximum atomic E-state index is 5.91. The zero-order valence-corrected chi connectivity index (χ0v) is 11.2. The summed E-state index contributed by atoms with van der Waals surface area (Å²) in [5, 5.41) is 2.15. The van der Waals surface area contributed by atoms with Crippen molar-refractivity contribution in [2.45, 2.75) is 5.88 Å². The predicted molar refractivity (Wildman–Crippen MR) is 70.7 cm³/mol. The van der Waals surface area contributed by atoms with Crippen LogP contribution < -0.4 is 4.74 Å². The number of halogens is 2. The van der Waals surface area contributed by atoms with Crippen molar-refractivity contribution in [2.75, 3.05) is 7.11 Å². The Balaban J connectivity index is 2.79. The second kappa shape index (κ2) is 4.24. The molecule has 74 valence electrons. The van der Waals surface area contributed by atoms with Gasteiger partial charge in [-0.3, -0.25) is 0 Å². The number of ether oxygens (including phenoxy) is 1. The minimum atomic E-state index is 0.503. The molecular weight excluding hydrogens is 331 g/mol. The summed E-state index contributed by atoms with van der Waals surface area (Å²) in [6.45, 7) is 0. The standard InChI is InChI=1S/C10H8ClIOS/c1-13-10-7(5-11)6-3-2-4-8(12)9(6)14-10/h2-4H,5H2,1H3. The van der Waals surface area contributed by atoms with E-state index < -0.39 is 0 Å². The Hall–Kier alpha value is -0.0000000000000000555. The van der Waals surface area contributed by atoms with Gasteiger partial charge < -0.3 is 4.74 Å². The van der Waals surface area contributed by atoms with Crippen LogP contribution in [-0.4, -0.2) is 7.11 Å². The number of hydrogen-bond donors (Lipinski definition) is 0. The summed E-state index contributed by atoms with van der Waals surface area (Å²) >= 11 is 9.90. The Morgan fingerprint density at radius 1 is 1.50 bits per heavy atom. The molecule has 0 amide bonds. The second-order valence-corrected chi connectivity index (χ2v) is 5.23. The van der Waals surface area contributed by atoms with E-state index in [1.54, 1.807) is 18.4 Å². The van der Waals surface area contributed by atoms with Gasteiger partial charge in [0.15, 0.2) is 5.06 Å². The normalized spacial score (nSPS) is 10.8. The van der Waals surface area contributed by atoms with Gasteiger partial charge in [-0.05, 0) is 28.7 Å². The molecule has 0 fully saturated rings. The first-order chi connectivity index (χ1) is 6.77. The fourth-order valence-electron chi connectivity index (χ4n) is 1.41. The van der Waals surface area contributed by atoms with E-state index in [1.807, 2.05) is 6.07 Å². The molecule has 1 aromatic heterocycles. The first-order valence-corrected chi connectivity index (χ1v) is 6.50. The van der Waals surface area contributed by atoms with Gasteiger partial charge in [0.05, 0.1) is 17.7 Å². The molecule has 0 aliphatic heterocycles. The summed E-state index contributed by atoms with van der Waals surface area (Å²) in [5.41, 5.74) is 1.10. The molecule has 4 heteroatoms. The van der Waals surface area contributed by atoms with Gasteiger partial charge in [0.1, 0.15) is 0 Å². The smallest absolute Gasteiger partial charge is 0.179 e. The molecule has 0 saturated carbocycles. The van der Waals surface area contributed by atoms with Crippen LogP contribution in [0.2, 0.25) is 0 Å². The monoisotopic (exact) mass is 338 g/mol. The van der Waals surface area contributed by atoms with Crippen molar-refractivity contribution in [3.63, 3.8) is 0 Å². The molecule has 1 heterocycles. The maximum absolute atomic E-state index is 5.91. The Morgan fingerprint density at radius 3 is 2.93 bits per heavy atom. The van der Waals surface area contributed by atoms with Crippen molar-refractivity contribution in [1.29, 1.82) is 0 Å². The van der Waals surface area contributed by atoms with E-state index in [4.69, 9.17) is 16.3 Å². The lowest BCUT2D eigenvalue weighted by Crippen LogP contribution is -1.82. The summed E-state index contributed by atoms with van der Waals surface area (Å²) in [6.07, 6.45) is 0. The highest BCUT2D eigenvalue weighted by Gasteiger charge is 2.12. The van der Waals surface area contributed by atoms with Crippen LogP contribution in [0.25, 0.3) is 10.1 Å². The summed E-state index contributed by atoms with van der Waals surface area (Å²) in [6, 6.07) is 6.23. The van der Waals surface area contributed by atoms with Gasteiger partial charge >= 0.3 is 0 Å². The molecular formula is C10H8ClIOS. The summed E-state index contributed by atoms with van der Waals surface area (Å²) in [5.74, 6) is 0.503. The van der Waals surface area contributed by atoms with Gasteiger partial charge in [0.2, 0.25) is 0 Å². The minimum Gasteiger partial charge on any atom is -0.487 e. The maximum Gasteiger partial charge on any atom is 0.179 e. The lowest BCUT2D eigenvalue weighted by molar-refractivity contribution is 0.424. The first kappa shape index (κ1) is 10.5. The fraction of sp³-hybridized carbons (Fsp3) is 0.200. The zero-order valence-electron chi connectivity index (χ0n) is 7.51. The second-order valence-electron chi connectivity index (χ2n) is 2.82. The molecule has 1 nitrogen and oxygen atoms in total. The first-order valence-electron chi connectivity index (χ1n) is 4.07. The van der Waals surface area contributed by atoms with Crippen molar-refractivity contribution in [3.8, 4) is 5.06 Å². The van der Waals surface area contributed by atoms with Gasteiger partial charge in [-0.15, -0.1) is 11.6 Å². The highest BCUT2D eigenvalue weighted by molar-refractivity contribution is 14.1. The van der Waals surface area contributed by atoms with Crippen molar-refractivity contribution < 1.29 is 4.74 Å². The van der Waals surface area contributed by atoms with E-state index in [2.05, 4.69) is 34.7 Å². The molecule has 0 N–H and O–H groups in total. The quantitative estimate of drug-likeness (QED) is 0.587. The summed E-state index contributed by atoms with van der Waals surface area (Å²) in [4.78, 5) is 0. The lowest BCUT2D eigenvalue weighted by atomic mass is 10.2. The highest BCUT2D eigenvalue weighted by Crippen LogP contribution is 2.40. The number of fused-ring (bicyclic) bond motifs is 1. The molecule has 0 spiro atoms. The molecule has 2 rings (SSSR count). The Bertz CT molecular complexity index is 466. The molecule has 14 heavy (non-hydrogen) atoms. The Labute approximate surface area is 105 Å². The predicted octanol–water partition coefficient (Wildman–Crippen LogP) is 4.25. The Kier molecular flexibility index (Phi) is 3.19. The Morgan fingerprint density at radius 2 is 2.29 bits per heavy atom. The van der Waals surface area contributed by atoms with E-state index in [1.165, 1.54) is 13.7 Å². The van der Waals surface area contributed by atoms with Crippen molar-refractivity contribution in [3.05, 3.63) is 27.3 Å². The summed E-state index contributed by atoms with van der Waals surface area (Å²) < 4.78 is 7.82. The van der Waals surface area contributed by atoms with E-state index in [0.29, 0.717) is 5.88 Å². The third kappa shape index (κ3) is 1.61. The van der Waals surface area contributed by atoms with Gasteiger partial charge in [-0.2, -0.15) is 0 Å². The molecule has 0 radical (unpaired) electrons. The van der Waals surface area contributed by atoms with E-state index in [-0.39, 0.29) is 0 Å². The largest absolute Gasteiger partial charge is 0.487 e. The van der Waals surface area contributed by atoms with Crippen LogP contribution in [0.5, 0.6) is 5.06 Å². The number of alkyl halides is 1. The van der Waals surface area contributed by atoms with Gasteiger partial charge in [0.25, 0.3) is 0 Å². The van der Waals surface area contributed by atoms with Crippen LogP contribution in [0.15, 0.2) is 18.2 Å². The van der Waals surface area contributed by atoms with Crippen LogP contribution in [0.3, 0.4) is 0 Å². The third-order valence-electron chi connectivity index (χ3n) is 2.05. The number of hydrogen-bond acceptors (Lipinski definition) is 2. The van der Waals surface area contributed by atoms with Gasteiger partial charge in [0, 0.05) is 14.5 Å². The van der Waals surface area contributed by atoms with Gasteiger partial charge in [-0.1, -0.05) is 23.5 Å². The van der Waals surface area contributed by atoms with Crippen molar-refractivity contribution >= 4 is 55.6 Å². The third-order valence-corrected chi connectivity index (χ3v) is 4.83. The van der Waals surface area contributed by atoms with Crippen molar-refractivity contribution in [1.82, 2.24) is 0 Å². The molecule has 0 aliphatic rings. The molecule has 2 aromatic rings. The van der Waals surface area contributed by atoms with E-state index in [0.717, 1.165) is 10.6 Å². The van der Waals surface area contributed by atoms with Crippen LogP contribution >= 0.6 is 45.5 Å². The molecule has 1 aromatic carbocycles. The van der Waals surface area contributed by atoms with Crippen LogP contribution in [0.1, 0.15) is 5.56 Å². The number of rotatable bonds is 2. The zero-order chi connectivity index (χ0) is 10.1. The highest BCUT2D eigenvalue weighted by atomic mass is 127. The summed E-state index contributed by atoms with van der Waals surface area (Å²) in [7, 11) is 1.69. The fourth-order valence-corrected chi connectivity index (χ4v) is 3.62. The average molecular weight is 339 g/mol. The molecule has 0 aliphatic carbocycles. The SMILES string of the molecule is COc1sc2c(I)cccc2c1CCl. The van der Waals surface area contributed by atoms with Crippen LogP contribution in [0.4, 0.5) is 0 Å². The molecule has 0 unspecified atom stereocenters. The topological polar surface area (TPSA) is 9.23 Å². The number of methoxy groups -OCH3 is 1. The van der Waals surface area contributed by atoms with E-state index >= 15 is 0 Å². The van der Waals surface area contributed by atoms with Crippen LogP contribution in [-0.2, 0) is 5.88 Å². The number of benzene rings is 1. The van der Waals surface area contributed by atoms with Crippen molar-refractivity contribution in [2.24, 2.45) is 0 Å².